The molecular formula is C16H12Cl2OS. The van der Waals surface area contributed by atoms with E-state index < -0.39 is 6.10 Å². The molecule has 0 aliphatic heterocycles. The largest absolute Gasteiger partial charge is 0.388 e. The van der Waals surface area contributed by atoms with Crippen LogP contribution >= 0.6 is 34.5 Å². The first kappa shape index (κ1) is 13.9. The predicted molar refractivity (Wildman–Crippen MR) is 87.0 cm³/mol. The maximum atomic E-state index is 10.4. The number of hydrogen-bond donors (Lipinski definition) is 1. The van der Waals surface area contributed by atoms with Gasteiger partial charge in [0.2, 0.25) is 0 Å². The number of aliphatic hydroxyl groups excluding tert-OH is 1. The van der Waals surface area contributed by atoms with E-state index in [1.807, 2.05) is 18.2 Å². The van der Waals surface area contributed by atoms with E-state index in [0.29, 0.717) is 22.0 Å². The maximum absolute atomic E-state index is 10.4. The highest BCUT2D eigenvalue weighted by Crippen LogP contribution is 2.34. The van der Waals surface area contributed by atoms with Gasteiger partial charge in [-0.2, -0.15) is 0 Å². The Kier molecular flexibility index (Phi) is 3.99. The Hall–Kier alpha value is -1.06. The van der Waals surface area contributed by atoms with Gasteiger partial charge in [0.15, 0.2) is 0 Å². The van der Waals surface area contributed by atoms with Crippen molar-refractivity contribution in [1.29, 1.82) is 0 Å². The molecule has 102 valence electrons. The molecule has 0 aliphatic rings. The Morgan fingerprint density at radius 1 is 1.05 bits per heavy atom. The molecule has 3 aromatic rings. The van der Waals surface area contributed by atoms with Crippen molar-refractivity contribution < 1.29 is 5.11 Å². The van der Waals surface area contributed by atoms with Crippen molar-refractivity contribution >= 4 is 44.6 Å². The molecule has 0 spiro atoms. The molecule has 1 heterocycles. The first-order valence-electron chi connectivity index (χ1n) is 6.24. The molecule has 1 aromatic heterocycles. The average Bonchev–Trinajstić information content (AvgIpc) is 2.85. The van der Waals surface area contributed by atoms with E-state index in [2.05, 4.69) is 17.5 Å². The van der Waals surface area contributed by atoms with E-state index in [1.165, 1.54) is 10.1 Å². The molecule has 1 atom stereocenters. The lowest BCUT2D eigenvalue weighted by Crippen LogP contribution is -2.02. The van der Waals surface area contributed by atoms with Gasteiger partial charge in [-0.25, -0.2) is 0 Å². The Morgan fingerprint density at radius 3 is 2.70 bits per heavy atom. The standard InChI is InChI=1S/C16H12Cl2OS/c17-13-6-3-5-12(16(13)18)14(19)8-10-9-20-15-7-2-1-4-11(10)15/h1-7,9,14,19H,8H2. The summed E-state index contributed by atoms with van der Waals surface area (Å²) in [6.07, 6.45) is -0.122. The van der Waals surface area contributed by atoms with Crippen molar-refractivity contribution in [2.75, 3.05) is 0 Å². The molecular weight excluding hydrogens is 311 g/mol. The van der Waals surface area contributed by atoms with E-state index in [0.717, 1.165) is 5.56 Å². The number of rotatable bonds is 3. The highest BCUT2D eigenvalue weighted by Gasteiger charge is 2.16. The minimum Gasteiger partial charge on any atom is -0.388 e. The van der Waals surface area contributed by atoms with Gasteiger partial charge in [0.05, 0.1) is 16.1 Å². The molecule has 0 saturated carbocycles. The van der Waals surface area contributed by atoms with Crippen LogP contribution in [0.1, 0.15) is 17.2 Å². The number of hydrogen-bond acceptors (Lipinski definition) is 2. The lowest BCUT2D eigenvalue weighted by Gasteiger charge is -2.13. The highest BCUT2D eigenvalue weighted by atomic mass is 35.5. The van der Waals surface area contributed by atoms with Crippen LogP contribution in [-0.4, -0.2) is 5.11 Å². The Balaban J connectivity index is 1.92. The van der Waals surface area contributed by atoms with E-state index in [1.54, 1.807) is 23.5 Å². The van der Waals surface area contributed by atoms with Crippen LogP contribution in [-0.2, 0) is 6.42 Å². The molecule has 1 nitrogen and oxygen atoms in total. The van der Waals surface area contributed by atoms with Crippen molar-refractivity contribution in [3.05, 3.63) is 69.0 Å². The van der Waals surface area contributed by atoms with Gasteiger partial charge < -0.3 is 5.11 Å². The third kappa shape index (κ3) is 2.57. The van der Waals surface area contributed by atoms with Crippen LogP contribution in [0.15, 0.2) is 47.8 Å². The average molecular weight is 323 g/mol. The number of thiophene rings is 1. The molecule has 0 fully saturated rings. The lowest BCUT2D eigenvalue weighted by atomic mass is 10.0. The number of fused-ring (bicyclic) bond motifs is 1. The van der Waals surface area contributed by atoms with Gasteiger partial charge in [-0.15, -0.1) is 11.3 Å². The summed E-state index contributed by atoms with van der Waals surface area (Å²) in [4.78, 5) is 0. The van der Waals surface area contributed by atoms with Gasteiger partial charge in [-0.05, 0) is 28.5 Å². The van der Waals surface area contributed by atoms with Crippen molar-refractivity contribution in [3.63, 3.8) is 0 Å². The van der Waals surface area contributed by atoms with Crippen LogP contribution in [0.4, 0.5) is 0 Å². The van der Waals surface area contributed by atoms with Crippen LogP contribution in [0.3, 0.4) is 0 Å². The molecule has 0 amide bonds. The zero-order valence-electron chi connectivity index (χ0n) is 10.5. The van der Waals surface area contributed by atoms with E-state index >= 15 is 0 Å². The number of aliphatic hydroxyl groups is 1. The monoisotopic (exact) mass is 322 g/mol. The van der Waals surface area contributed by atoms with E-state index in [9.17, 15) is 5.11 Å². The summed E-state index contributed by atoms with van der Waals surface area (Å²) in [6, 6.07) is 13.5. The second-order valence-corrected chi connectivity index (χ2v) is 6.32. The van der Waals surface area contributed by atoms with Gasteiger partial charge in [0.25, 0.3) is 0 Å². The molecule has 0 bridgehead atoms. The third-order valence-electron chi connectivity index (χ3n) is 3.31. The summed E-state index contributed by atoms with van der Waals surface area (Å²) in [5, 5.41) is 14.6. The fourth-order valence-electron chi connectivity index (χ4n) is 2.29. The van der Waals surface area contributed by atoms with Crippen molar-refractivity contribution in [2.24, 2.45) is 0 Å². The van der Waals surface area contributed by atoms with Crippen molar-refractivity contribution in [3.8, 4) is 0 Å². The molecule has 2 aromatic carbocycles. The van der Waals surface area contributed by atoms with E-state index in [-0.39, 0.29) is 0 Å². The number of benzene rings is 2. The molecule has 1 N–H and O–H groups in total. The molecule has 20 heavy (non-hydrogen) atoms. The normalized spacial score (nSPS) is 12.8. The second-order valence-electron chi connectivity index (χ2n) is 4.62. The molecule has 0 aliphatic carbocycles. The smallest absolute Gasteiger partial charge is 0.0845 e. The summed E-state index contributed by atoms with van der Waals surface area (Å²) in [5.41, 5.74) is 1.81. The lowest BCUT2D eigenvalue weighted by molar-refractivity contribution is 0.179. The van der Waals surface area contributed by atoms with E-state index in [4.69, 9.17) is 23.2 Å². The summed E-state index contributed by atoms with van der Waals surface area (Å²) in [5.74, 6) is 0. The van der Waals surface area contributed by atoms with Crippen LogP contribution in [0, 0.1) is 0 Å². The fraction of sp³-hybridized carbons (Fsp3) is 0.125. The molecule has 0 saturated heterocycles. The van der Waals surface area contributed by atoms with Crippen molar-refractivity contribution in [1.82, 2.24) is 0 Å². The van der Waals surface area contributed by atoms with Crippen molar-refractivity contribution in [2.45, 2.75) is 12.5 Å². The first-order chi connectivity index (χ1) is 9.66. The molecule has 0 radical (unpaired) electrons. The number of halogens is 2. The van der Waals surface area contributed by atoms with Gasteiger partial charge in [0, 0.05) is 16.7 Å². The second kappa shape index (κ2) is 5.74. The quantitative estimate of drug-likeness (QED) is 0.676. The van der Waals surface area contributed by atoms with Crippen LogP contribution in [0.5, 0.6) is 0 Å². The molecule has 4 heteroatoms. The maximum Gasteiger partial charge on any atom is 0.0845 e. The van der Waals surface area contributed by atoms with Gasteiger partial charge in [0.1, 0.15) is 0 Å². The van der Waals surface area contributed by atoms with Gasteiger partial charge in [-0.3, -0.25) is 0 Å². The molecule has 1 unspecified atom stereocenters. The summed E-state index contributed by atoms with van der Waals surface area (Å²) in [6.45, 7) is 0. The summed E-state index contributed by atoms with van der Waals surface area (Å²) < 4.78 is 1.23. The zero-order valence-corrected chi connectivity index (χ0v) is 12.8. The van der Waals surface area contributed by atoms with Crippen LogP contribution in [0.2, 0.25) is 10.0 Å². The minimum absolute atomic E-state index is 0.432. The summed E-state index contributed by atoms with van der Waals surface area (Å²) in [7, 11) is 0. The fourth-order valence-corrected chi connectivity index (χ4v) is 3.70. The van der Waals surface area contributed by atoms with Crippen LogP contribution in [0.25, 0.3) is 10.1 Å². The van der Waals surface area contributed by atoms with Crippen LogP contribution < -0.4 is 0 Å². The minimum atomic E-state index is -0.654. The van der Waals surface area contributed by atoms with Gasteiger partial charge in [-0.1, -0.05) is 53.5 Å². The Bertz CT molecular complexity index is 751. The zero-order chi connectivity index (χ0) is 14.1. The summed E-state index contributed by atoms with van der Waals surface area (Å²) >= 11 is 13.8. The molecule has 3 rings (SSSR count). The topological polar surface area (TPSA) is 20.2 Å². The Morgan fingerprint density at radius 2 is 1.85 bits per heavy atom. The first-order valence-corrected chi connectivity index (χ1v) is 7.87. The van der Waals surface area contributed by atoms with Gasteiger partial charge >= 0.3 is 0 Å². The third-order valence-corrected chi connectivity index (χ3v) is 5.16. The Labute approximate surface area is 131 Å². The highest BCUT2D eigenvalue weighted by molar-refractivity contribution is 7.17. The predicted octanol–water partition coefficient (Wildman–Crippen LogP) is 5.48. The SMILES string of the molecule is OC(Cc1csc2ccccc12)c1cccc(Cl)c1Cl.